The number of rotatable bonds is 3. The van der Waals surface area contributed by atoms with Gasteiger partial charge in [0.15, 0.2) is 0 Å². The van der Waals surface area contributed by atoms with Crippen LogP contribution in [0.25, 0.3) is 0 Å². The minimum Gasteiger partial charge on any atom is -0.330 e. The summed E-state index contributed by atoms with van der Waals surface area (Å²) in [6, 6.07) is 3.36. The maximum atomic E-state index is 13.7. The number of hydrogen-bond acceptors (Lipinski definition) is 3. The van der Waals surface area contributed by atoms with Crippen LogP contribution < -0.4 is 5.73 Å². The first-order valence-electron chi connectivity index (χ1n) is 6.03. The Labute approximate surface area is 117 Å². The third-order valence-corrected chi connectivity index (χ3v) is 5.65. The number of hydrogen-bond donors (Lipinski definition) is 1. The lowest BCUT2D eigenvalue weighted by Gasteiger charge is -2.21. The van der Waals surface area contributed by atoms with Crippen LogP contribution in [0.3, 0.4) is 0 Å². The van der Waals surface area contributed by atoms with Gasteiger partial charge >= 0.3 is 0 Å². The standard InChI is InChI=1S/C12H16ClFN2O2S/c1-8-4-9(6-15)7-16(8)19(17,18)12-5-10(13)2-3-11(12)14/h2-3,5,8-9H,4,6-7,15H2,1H3. The number of halogens is 2. The van der Waals surface area contributed by atoms with E-state index in [2.05, 4.69) is 0 Å². The van der Waals surface area contributed by atoms with Gasteiger partial charge in [0.25, 0.3) is 0 Å². The number of nitrogens with two attached hydrogens (primary N) is 1. The number of benzene rings is 1. The van der Waals surface area contributed by atoms with Crippen molar-refractivity contribution in [2.45, 2.75) is 24.3 Å². The second kappa shape index (κ2) is 5.36. The predicted octanol–water partition coefficient (Wildman–Crippen LogP) is 1.84. The third kappa shape index (κ3) is 2.76. The molecule has 1 heterocycles. The van der Waals surface area contributed by atoms with Crippen molar-refractivity contribution in [1.29, 1.82) is 0 Å². The summed E-state index contributed by atoms with van der Waals surface area (Å²) in [6.07, 6.45) is 0.692. The second-order valence-electron chi connectivity index (χ2n) is 4.84. The molecule has 1 saturated heterocycles. The highest BCUT2D eigenvalue weighted by Crippen LogP contribution is 2.31. The molecule has 1 aliphatic heterocycles. The van der Waals surface area contributed by atoms with Gasteiger partial charge in [-0.3, -0.25) is 0 Å². The zero-order valence-electron chi connectivity index (χ0n) is 10.5. The molecule has 1 aliphatic rings. The molecule has 0 spiro atoms. The first-order chi connectivity index (χ1) is 8.86. The van der Waals surface area contributed by atoms with E-state index >= 15 is 0 Å². The van der Waals surface area contributed by atoms with Gasteiger partial charge in [-0.05, 0) is 44.0 Å². The maximum Gasteiger partial charge on any atom is 0.246 e. The summed E-state index contributed by atoms with van der Waals surface area (Å²) in [7, 11) is -3.87. The van der Waals surface area contributed by atoms with Gasteiger partial charge in [-0.15, -0.1) is 0 Å². The van der Waals surface area contributed by atoms with Crippen LogP contribution in [0.5, 0.6) is 0 Å². The minimum absolute atomic E-state index is 0.118. The van der Waals surface area contributed by atoms with E-state index < -0.39 is 15.8 Å². The van der Waals surface area contributed by atoms with E-state index in [4.69, 9.17) is 17.3 Å². The van der Waals surface area contributed by atoms with E-state index in [9.17, 15) is 12.8 Å². The topological polar surface area (TPSA) is 63.4 Å². The van der Waals surface area contributed by atoms with Crippen molar-refractivity contribution < 1.29 is 12.8 Å². The SMILES string of the molecule is CC1CC(CN)CN1S(=O)(=O)c1cc(Cl)ccc1F. The van der Waals surface area contributed by atoms with E-state index in [1.54, 1.807) is 6.92 Å². The molecule has 1 aromatic rings. The van der Waals surface area contributed by atoms with E-state index in [1.165, 1.54) is 10.4 Å². The third-order valence-electron chi connectivity index (χ3n) is 3.42. The highest BCUT2D eigenvalue weighted by Gasteiger charge is 2.38. The van der Waals surface area contributed by atoms with Gasteiger partial charge in [0.1, 0.15) is 10.7 Å². The molecular formula is C12H16ClFN2O2S. The Kier molecular flexibility index (Phi) is 4.15. The molecule has 4 nitrogen and oxygen atoms in total. The van der Waals surface area contributed by atoms with Crippen molar-refractivity contribution >= 4 is 21.6 Å². The first kappa shape index (κ1) is 14.7. The Hall–Kier alpha value is -0.690. The Morgan fingerprint density at radius 3 is 2.79 bits per heavy atom. The van der Waals surface area contributed by atoms with Crippen LogP contribution in [-0.2, 0) is 10.0 Å². The van der Waals surface area contributed by atoms with Gasteiger partial charge in [-0.1, -0.05) is 11.6 Å². The summed E-state index contributed by atoms with van der Waals surface area (Å²) in [4.78, 5) is -0.371. The largest absolute Gasteiger partial charge is 0.330 e. The van der Waals surface area contributed by atoms with Gasteiger partial charge in [0, 0.05) is 17.6 Å². The highest BCUT2D eigenvalue weighted by molar-refractivity contribution is 7.89. The molecule has 0 aliphatic carbocycles. The van der Waals surface area contributed by atoms with Crippen molar-refractivity contribution in [2.24, 2.45) is 11.7 Å². The van der Waals surface area contributed by atoms with E-state index in [-0.39, 0.29) is 21.9 Å². The highest BCUT2D eigenvalue weighted by atomic mass is 35.5. The van der Waals surface area contributed by atoms with Crippen molar-refractivity contribution in [2.75, 3.05) is 13.1 Å². The fourth-order valence-electron chi connectivity index (χ4n) is 2.42. The monoisotopic (exact) mass is 306 g/mol. The molecule has 106 valence electrons. The molecule has 0 amide bonds. The lowest BCUT2D eigenvalue weighted by atomic mass is 10.1. The van der Waals surface area contributed by atoms with Crippen LogP contribution in [-0.4, -0.2) is 31.9 Å². The molecule has 0 aromatic heterocycles. The van der Waals surface area contributed by atoms with Crippen molar-refractivity contribution in [3.05, 3.63) is 29.0 Å². The fourth-order valence-corrected chi connectivity index (χ4v) is 4.46. The molecule has 7 heteroatoms. The Balaban J connectivity index is 2.40. The normalized spacial score (nSPS) is 24.8. The van der Waals surface area contributed by atoms with Crippen LogP contribution in [0.2, 0.25) is 5.02 Å². The fraction of sp³-hybridized carbons (Fsp3) is 0.500. The molecule has 19 heavy (non-hydrogen) atoms. The summed E-state index contributed by atoms with van der Waals surface area (Å²) < 4.78 is 40.0. The molecule has 2 rings (SSSR count). The van der Waals surface area contributed by atoms with E-state index in [0.29, 0.717) is 19.5 Å². The van der Waals surface area contributed by atoms with Crippen LogP contribution in [0, 0.1) is 11.7 Å². The Bertz CT molecular complexity index is 579. The van der Waals surface area contributed by atoms with Gasteiger partial charge < -0.3 is 5.73 Å². The summed E-state index contributed by atoms with van der Waals surface area (Å²) in [5.74, 6) is -0.667. The average Bonchev–Trinajstić information content (AvgIpc) is 2.74. The molecule has 1 aromatic carbocycles. The summed E-state index contributed by atoms with van der Waals surface area (Å²) in [5.41, 5.74) is 5.58. The summed E-state index contributed by atoms with van der Waals surface area (Å²) >= 11 is 5.75. The second-order valence-corrected chi connectivity index (χ2v) is 7.13. The molecule has 0 saturated carbocycles. The van der Waals surface area contributed by atoms with E-state index in [1.807, 2.05) is 0 Å². The minimum atomic E-state index is -3.87. The smallest absolute Gasteiger partial charge is 0.246 e. The first-order valence-corrected chi connectivity index (χ1v) is 7.85. The molecule has 2 N–H and O–H groups in total. The average molecular weight is 307 g/mol. The van der Waals surface area contributed by atoms with Gasteiger partial charge in [-0.25, -0.2) is 12.8 Å². The van der Waals surface area contributed by atoms with Crippen molar-refractivity contribution in [3.63, 3.8) is 0 Å². The molecule has 2 unspecified atom stereocenters. The summed E-state index contributed by atoms with van der Waals surface area (Å²) in [6.45, 7) is 2.55. The van der Waals surface area contributed by atoms with Gasteiger partial charge in [0.2, 0.25) is 10.0 Å². The molecule has 0 bridgehead atoms. The predicted molar refractivity (Wildman–Crippen MR) is 71.9 cm³/mol. The molecule has 1 fully saturated rings. The van der Waals surface area contributed by atoms with Gasteiger partial charge in [0.05, 0.1) is 0 Å². The zero-order valence-corrected chi connectivity index (χ0v) is 12.1. The lowest BCUT2D eigenvalue weighted by molar-refractivity contribution is 0.401. The molecular weight excluding hydrogens is 291 g/mol. The summed E-state index contributed by atoms with van der Waals surface area (Å²) in [5, 5.41) is 0.196. The van der Waals surface area contributed by atoms with Gasteiger partial charge in [-0.2, -0.15) is 4.31 Å². The van der Waals surface area contributed by atoms with Crippen molar-refractivity contribution in [1.82, 2.24) is 4.31 Å². The van der Waals surface area contributed by atoms with Crippen LogP contribution >= 0.6 is 11.6 Å². The maximum absolute atomic E-state index is 13.7. The van der Waals surface area contributed by atoms with Crippen LogP contribution in [0.15, 0.2) is 23.1 Å². The molecule has 0 radical (unpaired) electrons. The van der Waals surface area contributed by atoms with Crippen LogP contribution in [0.1, 0.15) is 13.3 Å². The Morgan fingerprint density at radius 2 is 2.21 bits per heavy atom. The molecule has 2 atom stereocenters. The number of sulfonamides is 1. The lowest BCUT2D eigenvalue weighted by Crippen LogP contribution is -2.35. The van der Waals surface area contributed by atoms with Crippen LogP contribution in [0.4, 0.5) is 4.39 Å². The van der Waals surface area contributed by atoms with E-state index in [0.717, 1.165) is 12.1 Å². The van der Waals surface area contributed by atoms with Crippen molar-refractivity contribution in [3.8, 4) is 0 Å². The Morgan fingerprint density at radius 1 is 1.53 bits per heavy atom. The quantitative estimate of drug-likeness (QED) is 0.927. The zero-order chi connectivity index (χ0) is 14.2. The number of nitrogens with zero attached hydrogens (tertiary/aromatic N) is 1.